The number of aryl methyl sites for hydroxylation is 1. The smallest absolute Gasteiger partial charge is 0.255 e. The van der Waals surface area contributed by atoms with Crippen LogP contribution in [-0.2, 0) is 13.0 Å². The standard InChI is InChI=1S/C17H17ClN2O/c1-11-5-6-13(18)9-15(11)17(21)20-16-4-2-3-12-10-19-8-7-14(12)16/h2-6,9,19H,7-8,10H2,1H3,(H,20,21). The minimum atomic E-state index is -0.109. The summed E-state index contributed by atoms with van der Waals surface area (Å²) < 4.78 is 0. The third-order valence-corrected chi connectivity index (χ3v) is 4.07. The summed E-state index contributed by atoms with van der Waals surface area (Å²) in [5.74, 6) is -0.109. The molecule has 3 rings (SSSR count). The maximum atomic E-state index is 12.5. The first kappa shape index (κ1) is 14.1. The Morgan fingerprint density at radius 2 is 2.14 bits per heavy atom. The van der Waals surface area contributed by atoms with Gasteiger partial charge in [-0.1, -0.05) is 29.8 Å². The zero-order valence-electron chi connectivity index (χ0n) is 11.9. The number of benzene rings is 2. The van der Waals surface area contributed by atoms with Crippen molar-refractivity contribution in [3.8, 4) is 0 Å². The van der Waals surface area contributed by atoms with E-state index in [0.717, 1.165) is 30.8 Å². The van der Waals surface area contributed by atoms with Crippen LogP contribution < -0.4 is 10.6 Å². The van der Waals surface area contributed by atoms with Gasteiger partial charge in [0.15, 0.2) is 0 Å². The number of hydrogen-bond acceptors (Lipinski definition) is 2. The van der Waals surface area contributed by atoms with Crippen molar-refractivity contribution in [1.29, 1.82) is 0 Å². The Hall–Kier alpha value is -1.84. The maximum absolute atomic E-state index is 12.5. The van der Waals surface area contributed by atoms with Crippen LogP contribution >= 0.6 is 11.6 Å². The molecule has 21 heavy (non-hydrogen) atoms. The number of halogens is 1. The molecular weight excluding hydrogens is 284 g/mol. The van der Waals surface area contributed by atoms with Gasteiger partial charge in [0.25, 0.3) is 5.91 Å². The molecule has 0 bridgehead atoms. The van der Waals surface area contributed by atoms with Crippen molar-refractivity contribution in [2.24, 2.45) is 0 Å². The quantitative estimate of drug-likeness (QED) is 0.890. The maximum Gasteiger partial charge on any atom is 0.255 e. The van der Waals surface area contributed by atoms with E-state index in [1.807, 2.05) is 25.1 Å². The number of rotatable bonds is 2. The first-order valence-corrected chi connectivity index (χ1v) is 7.42. The molecule has 1 aliphatic rings. The van der Waals surface area contributed by atoms with Gasteiger partial charge in [-0.2, -0.15) is 0 Å². The molecule has 0 saturated heterocycles. The van der Waals surface area contributed by atoms with E-state index < -0.39 is 0 Å². The highest BCUT2D eigenvalue weighted by atomic mass is 35.5. The second-order valence-corrected chi connectivity index (χ2v) is 5.72. The summed E-state index contributed by atoms with van der Waals surface area (Å²) >= 11 is 5.99. The highest BCUT2D eigenvalue weighted by Gasteiger charge is 2.16. The van der Waals surface area contributed by atoms with Crippen molar-refractivity contribution in [2.45, 2.75) is 19.9 Å². The average Bonchev–Trinajstić information content (AvgIpc) is 2.50. The minimum absolute atomic E-state index is 0.109. The number of carbonyl (C=O) groups excluding carboxylic acids is 1. The molecule has 0 aliphatic carbocycles. The predicted octanol–water partition coefficient (Wildman–Crippen LogP) is 3.55. The zero-order chi connectivity index (χ0) is 14.8. The van der Waals surface area contributed by atoms with Crippen LogP contribution in [0.2, 0.25) is 5.02 Å². The Labute approximate surface area is 129 Å². The van der Waals surface area contributed by atoms with Crippen molar-refractivity contribution in [3.63, 3.8) is 0 Å². The zero-order valence-corrected chi connectivity index (χ0v) is 12.6. The van der Waals surface area contributed by atoms with Crippen LogP contribution in [0.5, 0.6) is 0 Å². The van der Waals surface area contributed by atoms with Gasteiger partial charge in [0.1, 0.15) is 0 Å². The molecular formula is C17H17ClN2O. The molecule has 0 fully saturated rings. The number of nitrogens with one attached hydrogen (secondary N) is 2. The van der Waals surface area contributed by atoms with Crippen LogP contribution in [0, 0.1) is 6.92 Å². The van der Waals surface area contributed by atoms with Crippen molar-refractivity contribution >= 4 is 23.2 Å². The largest absolute Gasteiger partial charge is 0.322 e. The van der Waals surface area contributed by atoms with E-state index in [2.05, 4.69) is 16.7 Å². The van der Waals surface area contributed by atoms with Crippen molar-refractivity contribution in [1.82, 2.24) is 5.32 Å². The molecule has 1 aliphatic heterocycles. The normalized spacial score (nSPS) is 13.6. The van der Waals surface area contributed by atoms with E-state index in [1.165, 1.54) is 11.1 Å². The Kier molecular flexibility index (Phi) is 3.95. The van der Waals surface area contributed by atoms with Gasteiger partial charge >= 0.3 is 0 Å². The number of hydrogen-bond donors (Lipinski definition) is 2. The molecule has 3 nitrogen and oxygen atoms in total. The minimum Gasteiger partial charge on any atom is -0.322 e. The van der Waals surface area contributed by atoms with E-state index in [0.29, 0.717) is 10.6 Å². The van der Waals surface area contributed by atoms with Crippen LogP contribution in [0.15, 0.2) is 36.4 Å². The first-order valence-electron chi connectivity index (χ1n) is 7.04. The van der Waals surface area contributed by atoms with Gasteiger partial charge in [-0.25, -0.2) is 0 Å². The van der Waals surface area contributed by atoms with Crippen LogP contribution in [0.4, 0.5) is 5.69 Å². The van der Waals surface area contributed by atoms with E-state index in [4.69, 9.17) is 11.6 Å². The van der Waals surface area contributed by atoms with Gasteiger partial charge in [0, 0.05) is 22.8 Å². The van der Waals surface area contributed by atoms with Gasteiger partial charge in [-0.05, 0) is 54.8 Å². The third kappa shape index (κ3) is 2.94. The van der Waals surface area contributed by atoms with Crippen LogP contribution in [0.1, 0.15) is 27.0 Å². The van der Waals surface area contributed by atoms with Crippen LogP contribution in [0.3, 0.4) is 0 Å². The van der Waals surface area contributed by atoms with E-state index >= 15 is 0 Å². The molecule has 4 heteroatoms. The molecule has 2 N–H and O–H groups in total. The molecule has 0 radical (unpaired) electrons. The van der Waals surface area contributed by atoms with Crippen LogP contribution in [0.25, 0.3) is 0 Å². The lowest BCUT2D eigenvalue weighted by Gasteiger charge is -2.20. The molecule has 0 spiro atoms. The van der Waals surface area contributed by atoms with Crippen molar-refractivity contribution in [2.75, 3.05) is 11.9 Å². The number of fused-ring (bicyclic) bond motifs is 1. The highest BCUT2D eigenvalue weighted by Crippen LogP contribution is 2.24. The lowest BCUT2D eigenvalue weighted by Crippen LogP contribution is -2.25. The SMILES string of the molecule is Cc1ccc(Cl)cc1C(=O)Nc1cccc2c1CCNC2. The number of amides is 1. The molecule has 1 heterocycles. The summed E-state index contributed by atoms with van der Waals surface area (Å²) in [5, 5.41) is 6.94. The molecule has 0 atom stereocenters. The third-order valence-electron chi connectivity index (χ3n) is 3.83. The van der Waals surface area contributed by atoms with E-state index in [1.54, 1.807) is 12.1 Å². The van der Waals surface area contributed by atoms with E-state index in [-0.39, 0.29) is 5.91 Å². The molecule has 0 unspecified atom stereocenters. The second-order valence-electron chi connectivity index (χ2n) is 5.28. The average molecular weight is 301 g/mol. The van der Waals surface area contributed by atoms with Gasteiger partial charge in [-0.15, -0.1) is 0 Å². The lowest BCUT2D eigenvalue weighted by molar-refractivity contribution is 0.102. The van der Waals surface area contributed by atoms with Gasteiger partial charge in [0.05, 0.1) is 0 Å². The van der Waals surface area contributed by atoms with Crippen molar-refractivity contribution in [3.05, 3.63) is 63.7 Å². The summed E-state index contributed by atoms with van der Waals surface area (Å²) in [4.78, 5) is 12.5. The molecule has 108 valence electrons. The fraction of sp³-hybridized carbons (Fsp3) is 0.235. The van der Waals surface area contributed by atoms with E-state index in [9.17, 15) is 4.79 Å². The van der Waals surface area contributed by atoms with Gasteiger partial charge in [0.2, 0.25) is 0 Å². The molecule has 0 aromatic heterocycles. The van der Waals surface area contributed by atoms with Gasteiger partial charge < -0.3 is 10.6 Å². The Bertz CT molecular complexity index is 697. The topological polar surface area (TPSA) is 41.1 Å². The number of anilines is 1. The summed E-state index contributed by atoms with van der Waals surface area (Å²) in [6, 6.07) is 11.4. The molecule has 2 aromatic carbocycles. The van der Waals surface area contributed by atoms with Crippen LogP contribution in [-0.4, -0.2) is 12.5 Å². The Balaban J connectivity index is 1.90. The second kappa shape index (κ2) is 5.88. The fourth-order valence-corrected chi connectivity index (χ4v) is 2.85. The van der Waals surface area contributed by atoms with Crippen molar-refractivity contribution < 1.29 is 4.79 Å². The summed E-state index contributed by atoms with van der Waals surface area (Å²) in [6.45, 7) is 3.71. The first-order chi connectivity index (χ1) is 10.1. The summed E-state index contributed by atoms with van der Waals surface area (Å²) in [5.41, 5.74) is 4.92. The lowest BCUT2D eigenvalue weighted by atomic mass is 9.98. The number of carbonyl (C=O) groups is 1. The summed E-state index contributed by atoms with van der Waals surface area (Å²) in [7, 11) is 0. The fourth-order valence-electron chi connectivity index (χ4n) is 2.68. The Morgan fingerprint density at radius 1 is 1.29 bits per heavy atom. The molecule has 1 amide bonds. The van der Waals surface area contributed by atoms with Gasteiger partial charge in [-0.3, -0.25) is 4.79 Å². The molecule has 2 aromatic rings. The Morgan fingerprint density at radius 3 is 3.00 bits per heavy atom. The molecule has 0 saturated carbocycles. The predicted molar refractivity (Wildman–Crippen MR) is 86.0 cm³/mol. The monoisotopic (exact) mass is 300 g/mol. The summed E-state index contributed by atoms with van der Waals surface area (Å²) in [6.07, 6.45) is 0.931. The highest BCUT2D eigenvalue weighted by molar-refractivity contribution is 6.31.